The molecule has 1 N–H and O–H groups in total. The van der Waals surface area contributed by atoms with E-state index in [1.807, 2.05) is 0 Å². The van der Waals surface area contributed by atoms with Gasteiger partial charge in [0.1, 0.15) is 11.5 Å². The van der Waals surface area contributed by atoms with Crippen molar-refractivity contribution in [1.82, 2.24) is 10.2 Å². The van der Waals surface area contributed by atoms with Crippen LogP contribution in [0, 0.1) is 5.82 Å². The van der Waals surface area contributed by atoms with Crippen LogP contribution in [-0.4, -0.2) is 42.6 Å². The second-order valence-electron chi connectivity index (χ2n) is 6.70. The third-order valence-electron chi connectivity index (χ3n) is 4.48. The van der Waals surface area contributed by atoms with Crippen molar-refractivity contribution in [2.75, 3.05) is 19.8 Å². The molecule has 1 aliphatic rings. The Bertz CT molecular complexity index is 1050. The Kier molecular flexibility index (Phi) is 7.43. The van der Waals surface area contributed by atoms with Gasteiger partial charge in [-0.15, -0.1) is 0 Å². The summed E-state index contributed by atoms with van der Waals surface area (Å²) in [6.45, 7) is 3.64. The number of imide groups is 1. The van der Waals surface area contributed by atoms with E-state index < -0.39 is 23.7 Å². The molecule has 1 saturated heterocycles. The fourth-order valence-electron chi connectivity index (χ4n) is 3.02. The van der Waals surface area contributed by atoms with Gasteiger partial charge in [-0.25, -0.2) is 14.0 Å². The summed E-state index contributed by atoms with van der Waals surface area (Å²) in [4.78, 5) is 37.4. The number of rotatable bonds is 9. The minimum Gasteiger partial charge on any atom is -0.490 e. The van der Waals surface area contributed by atoms with Crippen molar-refractivity contribution < 1.29 is 33.0 Å². The molecule has 1 aliphatic heterocycles. The molecule has 3 rings (SSSR count). The Morgan fingerprint density at radius 3 is 2.56 bits per heavy atom. The number of halogens is 1. The average Bonchev–Trinajstić information content (AvgIpc) is 3.02. The van der Waals surface area contributed by atoms with E-state index in [4.69, 9.17) is 14.2 Å². The number of hydrogen-bond donors (Lipinski definition) is 1. The third kappa shape index (κ3) is 5.42. The summed E-state index contributed by atoms with van der Waals surface area (Å²) in [6, 6.07) is 10.2. The number of benzene rings is 2. The van der Waals surface area contributed by atoms with Crippen molar-refractivity contribution in [2.24, 2.45) is 0 Å². The molecule has 9 heteroatoms. The number of ether oxygens (including phenoxy) is 3. The van der Waals surface area contributed by atoms with Crippen LogP contribution in [0.25, 0.3) is 6.08 Å². The van der Waals surface area contributed by atoms with Gasteiger partial charge in [-0.3, -0.25) is 9.69 Å². The molecule has 2 aromatic rings. The minimum absolute atomic E-state index is 0.0500. The summed E-state index contributed by atoms with van der Waals surface area (Å²) in [5.41, 5.74) is 0.848. The summed E-state index contributed by atoms with van der Waals surface area (Å²) in [6.07, 6.45) is 1.49. The zero-order valence-electron chi connectivity index (χ0n) is 17.7. The molecule has 0 unspecified atom stereocenters. The van der Waals surface area contributed by atoms with Gasteiger partial charge in [0.25, 0.3) is 5.91 Å². The van der Waals surface area contributed by atoms with E-state index in [9.17, 15) is 18.8 Å². The Morgan fingerprint density at radius 2 is 1.84 bits per heavy atom. The van der Waals surface area contributed by atoms with E-state index in [-0.39, 0.29) is 31.0 Å². The van der Waals surface area contributed by atoms with Crippen LogP contribution in [0.4, 0.5) is 9.18 Å². The Balaban J connectivity index is 1.77. The van der Waals surface area contributed by atoms with Crippen molar-refractivity contribution in [2.45, 2.75) is 20.4 Å². The van der Waals surface area contributed by atoms with Gasteiger partial charge in [-0.1, -0.05) is 24.3 Å². The van der Waals surface area contributed by atoms with Gasteiger partial charge >= 0.3 is 12.0 Å². The lowest BCUT2D eigenvalue weighted by Crippen LogP contribution is -2.30. The van der Waals surface area contributed by atoms with E-state index >= 15 is 0 Å². The number of amides is 3. The van der Waals surface area contributed by atoms with Crippen LogP contribution in [0.15, 0.2) is 48.2 Å². The topological polar surface area (TPSA) is 94.2 Å². The van der Waals surface area contributed by atoms with Crippen molar-refractivity contribution in [3.63, 3.8) is 0 Å². The zero-order valence-corrected chi connectivity index (χ0v) is 17.7. The van der Waals surface area contributed by atoms with Gasteiger partial charge in [0.15, 0.2) is 18.1 Å². The van der Waals surface area contributed by atoms with E-state index in [0.29, 0.717) is 23.7 Å². The minimum atomic E-state index is -0.635. The molecule has 168 valence electrons. The van der Waals surface area contributed by atoms with E-state index in [2.05, 4.69) is 5.32 Å². The number of carbonyl (C=O) groups is 3. The normalized spacial score (nSPS) is 14.5. The second kappa shape index (κ2) is 10.4. The highest BCUT2D eigenvalue weighted by Gasteiger charge is 2.34. The molecule has 0 atom stereocenters. The predicted octanol–water partition coefficient (Wildman–Crippen LogP) is 3.26. The molecule has 2 aromatic carbocycles. The number of urea groups is 1. The lowest BCUT2D eigenvalue weighted by molar-refractivity contribution is -0.145. The third-order valence-corrected chi connectivity index (χ3v) is 4.48. The van der Waals surface area contributed by atoms with Crippen LogP contribution in [-0.2, 0) is 20.9 Å². The van der Waals surface area contributed by atoms with Gasteiger partial charge < -0.3 is 19.5 Å². The van der Waals surface area contributed by atoms with Crippen molar-refractivity contribution in [3.8, 4) is 11.5 Å². The number of nitrogens with one attached hydrogen (secondary N) is 1. The van der Waals surface area contributed by atoms with Crippen LogP contribution >= 0.6 is 0 Å². The molecule has 1 heterocycles. The van der Waals surface area contributed by atoms with Gasteiger partial charge in [-0.2, -0.15) is 0 Å². The fourth-order valence-corrected chi connectivity index (χ4v) is 3.02. The van der Waals surface area contributed by atoms with Crippen molar-refractivity contribution in [1.29, 1.82) is 0 Å². The highest BCUT2D eigenvalue weighted by Crippen LogP contribution is 2.30. The number of hydrogen-bond acceptors (Lipinski definition) is 6. The molecule has 0 aliphatic carbocycles. The van der Waals surface area contributed by atoms with E-state index in [1.54, 1.807) is 38.1 Å². The average molecular weight is 442 g/mol. The number of carbonyl (C=O) groups excluding carboxylic acids is 3. The highest BCUT2D eigenvalue weighted by atomic mass is 19.1. The summed E-state index contributed by atoms with van der Waals surface area (Å²) in [5, 5.41) is 2.50. The molecule has 1 fully saturated rings. The largest absolute Gasteiger partial charge is 0.490 e. The molecule has 3 amide bonds. The molecule has 32 heavy (non-hydrogen) atoms. The Hall–Kier alpha value is -3.88. The van der Waals surface area contributed by atoms with Crippen LogP contribution < -0.4 is 14.8 Å². The molecule has 0 radical (unpaired) electrons. The predicted molar refractivity (Wildman–Crippen MR) is 113 cm³/mol. The van der Waals surface area contributed by atoms with E-state index in [0.717, 1.165) is 4.90 Å². The standard InChI is InChI=1S/C23H23FN2O6/c1-3-30-20-12-15(9-10-19(20)32-14-21(27)31-4-2)11-18-22(28)26(23(29)25-18)13-16-7-5-6-8-17(16)24/h5-12H,3-4,13-14H2,1-2H3,(H,25,29). The first-order chi connectivity index (χ1) is 15.4. The molecule has 0 aromatic heterocycles. The maximum atomic E-state index is 13.9. The fraction of sp³-hybridized carbons (Fsp3) is 0.261. The molecule has 0 spiro atoms. The summed E-state index contributed by atoms with van der Waals surface area (Å²) in [5.74, 6) is -0.865. The molecule has 0 bridgehead atoms. The first-order valence-corrected chi connectivity index (χ1v) is 10.1. The summed E-state index contributed by atoms with van der Waals surface area (Å²) in [7, 11) is 0. The molecular formula is C23H23FN2O6. The van der Waals surface area contributed by atoms with Crippen molar-refractivity contribution >= 4 is 24.0 Å². The van der Waals surface area contributed by atoms with Gasteiger partial charge in [-0.05, 0) is 43.7 Å². The number of esters is 1. The van der Waals surface area contributed by atoms with Gasteiger partial charge in [0.05, 0.1) is 19.8 Å². The van der Waals surface area contributed by atoms with Crippen LogP contribution in [0.3, 0.4) is 0 Å². The van der Waals surface area contributed by atoms with Crippen molar-refractivity contribution in [3.05, 3.63) is 65.1 Å². The maximum Gasteiger partial charge on any atom is 0.344 e. The van der Waals surface area contributed by atoms with Crippen LogP contribution in [0.5, 0.6) is 11.5 Å². The molecule has 8 nitrogen and oxygen atoms in total. The summed E-state index contributed by atoms with van der Waals surface area (Å²) >= 11 is 0. The maximum absolute atomic E-state index is 13.9. The smallest absolute Gasteiger partial charge is 0.344 e. The Morgan fingerprint density at radius 1 is 1.06 bits per heavy atom. The monoisotopic (exact) mass is 442 g/mol. The SMILES string of the molecule is CCOC(=O)COc1ccc(C=C2NC(=O)N(Cc3ccccc3F)C2=O)cc1OCC. The lowest BCUT2D eigenvalue weighted by Gasteiger charge is -2.13. The quantitative estimate of drug-likeness (QED) is 0.364. The van der Waals surface area contributed by atoms with Gasteiger partial charge in [0.2, 0.25) is 0 Å². The Labute approximate surface area is 184 Å². The molecule has 0 saturated carbocycles. The highest BCUT2D eigenvalue weighted by molar-refractivity contribution is 6.13. The molecular weight excluding hydrogens is 419 g/mol. The lowest BCUT2D eigenvalue weighted by atomic mass is 10.1. The first kappa shape index (κ1) is 22.8. The van der Waals surface area contributed by atoms with Gasteiger partial charge in [0, 0.05) is 5.56 Å². The second-order valence-corrected chi connectivity index (χ2v) is 6.70. The first-order valence-electron chi connectivity index (χ1n) is 10.1. The van der Waals surface area contributed by atoms with Crippen LogP contribution in [0.2, 0.25) is 0 Å². The number of nitrogens with zero attached hydrogens (tertiary/aromatic N) is 1. The summed E-state index contributed by atoms with van der Waals surface area (Å²) < 4.78 is 29.8. The zero-order chi connectivity index (χ0) is 23.1. The van der Waals surface area contributed by atoms with E-state index in [1.165, 1.54) is 24.3 Å². The van der Waals surface area contributed by atoms with Crippen LogP contribution in [0.1, 0.15) is 25.0 Å².